The summed E-state index contributed by atoms with van der Waals surface area (Å²) in [6.45, 7) is 7.56. The number of para-hydroxylation sites is 1. The molecule has 0 spiro atoms. The molecular formula is C11H14N2. The quantitative estimate of drug-likeness (QED) is 0.546. The second-order valence-electron chi connectivity index (χ2n) is 2.90. The molecule has 0 aliphatic carbocycles. The van der Waals surface area contributed by atoms with Crippen LogP contribution in [0.5, 0.6) is 0 Å². The Morgan fingerprint density at radius 2 is 2.08 bits per heavy atom. The molecule has 0 unspecified atom stereocenters. The monoisotopic (exact) mass is 174 g/mol. The lowest BCUT2D eigenvalue weighted by Crippen LogP contribution is -1.98. The first-order chi connectivity index (χ1) is 6.16. The Bertz CT molecular complexity index is 340. The molecule has 0 fully saturated rings. The van der Waals surface area contributed by atoms with Crippen LogP contribution in [0.2, 0.25) is 0 Å². The Hall–Kier alpha value is -1.70. The third-order valence-corrected chi connectivity index (χ3v) is 1.91. The van der Waals surface area contributed by atoms with E-state index in [1.54, 1.807) is 12.1 Å². The van der Waals surface area contributed by atoms with Crippen LogP contribution in [0.15, 0.2) is 37.4 Å². The van der Waals surface area contributed by atoms with E-state index in [-0.39, 0.29) is 0 Å². The highest BCUT2D eigenvalue weighted by Crippen LogP contribution is 2.27. The Balaban J connectivity index is 3.07. The fourth-order valence-electron chi connectivity index (χ4n) is 1.18. The van der Waals surface area contributed by atoms with E-state index in [2.05, 4.69) is 13.2 Å². The van der Waals surface area contributed by atoms with Crippen LogP contribution in [0.1, 0.15) is 12.0 Å². The molecule has 68 valence electrons. The van der Waals surface area contributed by atoms with Gasteiger partial charge in [-0.25, -0.2) is 0 Å². The maximum absolute atomic E-state index is 5.79. The first-order valence-electron chi connectivity index (χ1n) is 4.09. The van der Waals surface area contributed by atoms with Gasteiger partial charge in [0, 0.05) is 5.56 Å². The van der Waals surface area contributed by atoms with E-state index in [1.807, 2.05) is 12.1 Å². The highest BCUT2D eigenvalue weighted by molar-refractivity contribution is 5.81. The molecule has 0 bridgehead atoms. The standard InChI is InChI=1S/C11H14N2/c1-3-5-8(2)9-6-4-7-10(12)11(9)13/h3-4,6-7H,1-2,5,12-13H2. The molecule has 0 amide bonds. The molecule has 0 aromatic heterocycles. The Morgan fingerprint density at radius 3 is 2.69 bits per heavy atom. The fourth-order valence-corrected chi connectivity index (χ4v) is 1.18. The van der Waals surface area contributed by atoms with Gasteiger partial charge in [-0.3, -0.25) is 0 Å². The van der Waals surface area contributed by atoms with Gasteiger partial charge in [-0.15, -0.1) is 6.58 Å². The maximum atomic E-state index is 5.79. The predicted molar refractivity (Wildman–Crippen MR) is 59.1 cm³/mol. The van der Waals surface area contributed by atoms with Crippen LogP contribution in [0.4, 0.5) is 11.4 Å². The van der Waals surface area contributed by atoms with Crippen LogP contribution in [-0.2, 0) is 0 Å². The first-order valence-corrected chi connectivity index (χ1v) is 4.09. The maximum Gasteiger partial charge on any atom is 0.0624 e. The molecule has 1 aromatic rings. The number of benzene rings is 1. The summed E-state index contributed by atoms with van der Waals surface area (Å²) in [6.07, 6.45) is 2.53. The molecule has 0 radical (unpaired) electrons. The van der Waals surface area contributed by atoms with E-state index in [4.69, 9.17) is 11.5 Å². The summed E-state index contributed by atoms with van der Waals surface area (Å²) >= 11 is 0. The van der Waals surface area contributed by atoms with Crippen LogP contribution in [0, 0.1) is 0 Å². The Labute approximate surface area is 78.6 Å². The second kappa shape index (κ2) is 3.81. The van der Waals surface area contributed by atoms with Crippen molar-refractivity contribution in [2.45, 2.75) is 6.42 Å². The molecule has 0 saturated heterocycles. The number of anilines is 2. The van der Waals surface area contributed by atoms with Crippen molar-refractivity contribution in [1.82, 2.24) is 0 Å². The number of allylic oxidation sites excluding steroid dienone is 2. The number of nitrogen functional groups attached to an aromatic ring is 2. The van der Waals surface area contributed by atoms with Crippen LogP contribution in [0.25, 0.3) is 5.57 Å². The van der Waals surface area contributed by atoms with Crippen LogP contribution in [0.3, 0.4) is 0 Å². The smallest absolute Gasteiger partial charge is 0.0624 e. The summed E-state index contributed by atoms with van der Waals surface area (Å²) in [4.78, 5) is 0. The molecule has 1 rings (SSSR count). The highest BCUT2D eigenvalue weighted by Gasteiger charge is 2.03. The van der Waals surface area contributed by atoms with Gasteiger partial charge in [-0.2, -0.15) is 0 Å². The van der Waals surface area contributed by atoms with E-state index < -0.39 is 0 Å². The zero-order valence-electron chi connectivity index (χ0n) is 7.59. The van der Waals surface area contributed by atoms with Crippen LogP contribution < -0.4 is 11.5 Å². The lowest BCUT2D eigenvalue weighted by Gasteiger charge is -2.08. The molecule has 0 aliphatic rings. The number of rotatable bonds is 3. The van der Waals surface area contributed by atoms with Gasteiger partial charge in [0.05, 0.1) is 11.4 Å². The van der Waals surface area contributed by atoms with Crippen molar-refractivity contribution in [3.8, 4) is 0 Å². The average Bonchev–Trinajstić information content (AvgIpc) is 2.10. The number of hydrogen-bond acceptors (Lipinski definition) is 2. The summed E-state index contributed by atoms with van der Waals surface area (Å²) in [5, 5.41) is 0. The summed E-state index contributed by atoms with van der Waals surface area (Å²) in [5.74, 6) is 0. The fraction of sp³-hybridized carbons (Fsp3) is 0.0909. The summed E-state index contributed by atoms with van der Waals surface area (Å²) in [6, 6.07) is 5.56. The van der Waals surface area contributed by atoms with E-state index in [1.165, 1.54) is 0 Å². The third-order valence-electron chi connectivity index (χ3n) is 1.91. The van der Waals surface area contributed by atoms with E-state index in [9.17, 15) is 0 Å². The van der Waals surface area contributed by atoms with Gasteiger partial charge >= 0.3 is 0 Å². The SMILES string of the molecule is C=CCC(=C)c1cccc(N)c1N. The molecule has 2 nitrogen and oxygen atoms in total. The van der Waals surface area contributed by atoms with Gasteiger partial charge < -0.3 is 11.5 Å². The van der Waals surface area contributed by atoms with Gasteiger partial charge in [0.15, 0.2) is 0 Å². The van der Waals surface area contributed by atoms with Crippen molar-refractivity contribution >= 4 is 16.9 Å². The van der Waals surface area contributed by atoms with Crippen molar-refractivity contribution in [3.63, 3.8) is 0 Å². The van der Waals surface area contributed by atoms with E-state index >= 15 is 0 Å². The molecular weight excluding hydrogens is 160 g/mol. The van der Waals surface area contributed by atoms with Gasteiger partial charge in [-0.05, 0) is 18.1 Å². The minimum Gasteiger partial charge on any atom is -0.397 e. The van der Waals surface area contributed by atoms with Crippen molar-refractivity contribution in [2.24, 2.45) is 0 Å². The highest BCUT2D eigenvalue weighted by atomic mass is 14.7. The minimum atomic E-state index is 0.600. The molecule has 0 atom stereocenters. The Morgan fingerprint density at radius 1 is 1.38 bits per heavy atom. The zero-order chi connectivity index (χ0) is 9.84. The van der Waals surface area contributed by atoms with Gasteiger partial charge in [0.2, 0.25) is 0 Å². The molecule has 0 aliphatic heterocycles. The molecule has 13 heavy (non-hydrogen) atoms. The minimum absolute atomic E-state index is 0.600. The van der Waals surface area contributed by atoms with Gasteiger partial charge in [-0.1, -0.05) is 24.8 Å². The first kappa shape index (κ1) is 9.39. The van der Waals surface area contributed by atoms with E-state index in [0.717, 1.165) is 17.6 Å². The predicted octanol–water partition coefficient (Wildman–Crippen LogP) is 2.44. The molecule has 0 saturated carbocycles. The molecule has 4 N–H and O–H groups in total. The molecule has 2 heteroatoms. The molecule has 0 heterocycles. The average molecular weight is 174 g/mol. The van der Waals surface area contributed by atoms with Crippen LogP contribution >= 0.6 is 0 Å². The lowest BCUT2D eigenvalue weighted by atomic mass is 10.0. The Kier molecular flexibility index (Phi) is 2.75. The normalized spacial score (nSPS) is 9.54. The van der Waals surface area contributed by atoms with Crippen molar-refractivity contribution in [2.75, 3.05) is 11.5 Å². The van der Waals surface area contributed by atoms with Crippen molar-refractivity contribution in [3.05, 3.63) is 43.0 Å². The van der Waals surface area contributed by atoms with Crippen molar-refractivity contribution < 1.29 is 0 Å². The van der Waals surface area contributed by atoms with Crippen molar-refractivity contribution in [1.29, 1.82) is 0 Å². The summed E-state index contributed by atoms with van der Waals surface area (Å²) < 4.78 is 0. The molecule has 1 aromatic carbocycles. The number of nitrogens with two attached hydrogens (primary N) is 2. The van der Waals surface area contributed by atoms with Gasteiger partial charge in [0.25, 0.3) is 0 Å². The summed E-state index contributed by atoms with van der Waals surface area (Å²) in [7, 11) is 0. The zero-order valence-corrected chi connectivity index (χ0v) is 7.59. The lowest BCUT2D eigenvalue weighted by molar-refractivity contribution is 1.41. The second-order valence-corrected chi connectivity index (χ2v) is 2.90. The van der Waals surface area contributed by atoms with E-state index in [0.29, 0.717) is 11.4 Å². The summed E-state index contributed by atoms with van der Waals surface area (Å²) in [5.41, 5.74) is 14.5. The number of hydrogen-bond donors (Lipinski definition) is 2. The van der Waals surface area contributed by atoms with Gasteiger partial charge in [0.1, 0.15) is 0 Å². The largest absolute Gasteiger partial charge is 0.397 e. The third kappa shape index (κ3) is 1.90. The topological polar surface area (TPSA) is 52.0 Å². The van der Waals surface area contributed by atoms with Crippen LogP contribution in [-0.4, -0.2) is 0 Å².